The molecule has 6 heteroatoms. The molecule has 0 bridgehead atoms. The number of hydrogen-bond acceptors (Lipinski definition) is 4. The molecule has 0 radical (unpaired) electrons. The maximum absolute atomic E-state index is 12.4. The molecule has 3 heterocycles. The summed E-state index contributed by atoms with van der Waals surface area (Å²) in [5.74, 6) is -0.114. The monoisotopic (exact) mass is 339 g/mol. The van der Waals surface area contributed by atoms with E-state index in [4.69, 9.17) is 4.74 Å². The number of aromatic nitrogens is 1. The smallest absolute Gasteiger partial charge is 0.256 e. The van der Waals surface area contributed by atoms with E-state index < -0.39 is 0 Å². The van der Waals surface area contributed by atoms with Crippen LogP contribution in [-0.4, -0.2) is 47.2 Å². The molecule has 4 rings (SSSR count). The summed E-state index contributed by atoms with van der Waals surface area (Å²) in [5.41, 5.74) is 5.14. The molecule has 1 fully saturated rings. The Labute approximate surface area is 146 Å². The van der Waals surface area contributed by atoms with Crippen molar-refractivity contribution in [2.24, 2.45) is 0 Å². The van der Waals surface area contributed by atoms with E-state index in [9.17, 15) is 9.90 Å². The molecule has 3 N–H and O–H groups in total. The highest BCUT2D eigenvalue weighted by Crippen LogP contribution is 2.34. The molecule has 1 aromatic carbocycles. The van der Waals surface area contributed by atoms with Gasteiger partial charge in [0, 0.05) is 42.8 Å². The first-order valence-electron chi connectivity index (χ1n) is 8.48. The van der Waals surface area contributed by atoms with Crippen LogP contribution in [0.2, 0.25) is 0 Å². The molecule has 2 aromatic rings. The van der Waals surface area contributed by atoms with Gasteiger partial charge in [0.2, 0.25) is 0 Å². The molecule has 1 amide bonds. The molecule has 0 saturated carbocycles. The van der Waals surface area contributed by atoms with Gasteiger partial charge in [0.15, 0.2) is 0 Å². The minimum Gasteiger partial charge on any atom is -0.392 e. The van der Waals surface area contributed by atoms with Gasteiger partial charge < -0.3 is 20.1 Å². The zero-order valence-electron chi connectivity index (χ0n) is 13.9. The van der Waals surface area contributed by atoms with Crippen molar-refractivity contribution in [3.8, 4) is 0 Å². The van der Waals surface area contributed by atoms with Crippen molar-refractivity contribution in [1.29, 1.82) is 0 Å². The van der Waals surface area contributed by atoms with Gasteiger partial charge in [0.25, 0.3) is 5.91 Å². The van der Waals surface area contributed by atoms with Crippen LogP contribution < -0.4 is 5.32 Å². The summed E-state index contributed by atoms with van der Waals surface area (Å²) in [4.78, 5) is 18.0. The van der Waals surface area contributed by atoms with Gasteiger partial charge in [-0.3, -0.25) is 9.69 Å². The van der Waals surface area contributed by atoms with Crippen LogP contribution in [0.15, 0.2) is 30.5 Å². The second-order valence-corrected chi connectivity index (χ2v) is 6.36. The number of nitrogens with zero attached hydrogens (tertiary/aromatic N) is 1. The third-order valence-electron chi connectivity index (χ3n) is 4.71. The van der Waals surface area contributed by atoms with E-state index in [1.54, 1.807) is 0 Å². The van der Waals surface area contributed by atoms with Crippen LogP contribution in [0.4, 0.5) is 5.69 Å². The summed E-state index contributed by atoms with van der Waals surface area (Å²) >= 11 is 0. The minimum absolute atomic E-state index is 0.0421. The Morgan fingerprint density at radius 1 is 1.24 bits per heavy atom. The van der Waals surface area contributed by atoms with E-state index in [1.165, 1.54) is 0 Å². The maximum atomic E-state index is 12.4. The lowest BCUT2D eigenvalue weighted by Gasteiger charge is -2.26. The highest BCUT2D eigenvalue weighted by molar-refractivity contribution is 6.34. The van der Waals surface area contributed by atoms with Crippen LogP contribution in [0, 0.1) is 0 Å². The van der Waals surface area contributed by atoms with Crippen LogP contribution in [0.25, 0.3) is 11.6 Å². The van der Waals surface area contributed by atoms with Crippen molar-refractivity contribution in [2.75, 3.05) is 31.6 Å². The van der Waals surface area contributed by atoms with E-state index in [1.807, 2.05) is 30.5 Å². The predicted molar refractivity (Wildman–Crippen MR) is 95.8 cm³/mol. The first-order chi connectivity index (χ1) is 12.2. The average molecular weight is 339 g/mol. The first-order valence-corrected chi connectivity index (χ1v) is 8.48. The number of hydrogen-bond donors (Lipinski definition) is 3. The molecule has 0 aliphatic carbocycles. The van der Waals surface area contributed by atoms with E-state index >= 15 is 0 Å². The number of aromatic amines is 1. The summed E-state index contributed by atoms with van der Waals surface area (Å²) in [6.45, 7) is 4.16. The van der Waals surface area contributed by atoms with E-state index in [0.29, 0.717) is 5.57 Å². The number of benzene rings is 1. The topological polar surface area (TPSA) is 77.6 Å². The van der Waals surface area contributed by atoms with Crippen LogP contribution >= 0.6 is 0 Å². The van der Waals surface area contributed by atoms with Crippen molar-refractivity contribution in [3.05, 3.63) is 52.8 Å². The molecular formula is C19H21N3O3. The Morgan fingerprint density at radius 2 is 2.08 bits per heavy atom. The third kappa shape index (κ3) is 3.24. The second-order valence-electron chi connectivity index (χ2n) is 6.36. The van der Waals surface area contributed by atoms with E-state index in [0.717, 1.165) is 60.9 Å². The molecular weight excluding hydrogens is 318 g/mol. The fraction of sp³-hybridized carbons (Fsp3) is 0.316. The van der Waals surface area contributed by atoms with E-state index in [-0.39, 0.29) is 12.5 Å². The van der Waals surface area contributed by atoms with Crippen LogP contribution in [-0.2, 0) is 22.7 Å². The lowest BCUT2D eigenvalue weighted by Crippen LogP contribution is -2.35. The number of ether oxygens (including phenoxy) is 1. The fourth-order valence-electron chi connectivity index (χ4n) is 3.31. The van der Waals surface area contributed by atoms with Crippen molar-refractivity contribution >= 4 is 23.2 Å². The first kappa shape index (κ1) is 16.1. The molecule has 0 unspecified atom stereocenters. The quantitative estimate of drug-likeness (QED) is 0.743. The van der Waals surface area contributed by atoms with Gasteiger partial charge in [-0.15, -0.1) is 0 Å². The number of nitrogens with one attached hydrogen (secondary N) is 2. The average Bonchev–Trinajstić information content (AvgIpc) is 3.20. The maximum Gasteiger partial charge on any atom is 0.256 e. The normalized spacial score (nSPS) is 19.2. The number of anilines is 1. The summed E-state index contributed by atoms with van der Waals surface area (Å²) < 4.78 is 5.40. The van der Waals surface area contributed by atoms with Gasteiger partial charge in [-0.05, 0) is 35.4 Å². The number of carbonyl (C=O) groups excluding carboxylic acids is 1. The van der Waals surface area contributed by atoms with Gasteiger partial charge >= 0.3 is 0 Å². The molecule has 1 aromatic heterocycles. The van der Waals surface area contributed by atoms with Gasteiger partial charge in [0.05, 0.1) is 25.4 Å². The molecule has 25 heavy (non-hydrogen) atoms. The number of rotatable bonds is 4. The molecule has 130 valence electrons. The Bertz CT molecular complexity index is 819. The van der Waals surface area contributed by atoms with Gasteiger partial charge in [-0.1, -0.05) is 6.07 Å². The zero-order valence-corrected chi connectivity index (χ0v) is 13.9. The highest BCUT2D eigenvalue weighted by Gasteiger charge is 2.25. The predicted octanol–water partition coefficient (Wildman–Crippen LogP) is 1.83. The Morgan fingerprint density at radius 3 is 2.88 bits per heavy atom. The number of H-pyrrole nitrogens is 1. The van der Waals surface area contributed by atoms with Crippen LogP contribution in [0.3, 0.4) is 0 Å². The Kier molecular flexibility index (Phi) is 4.40. The molecule has 2 aliphatic heterocycles. The fourth-order valence-corrected chi connectivity index (χ4v) is 3.31. The molecule has 0 spiro atoms. The van der Waals surface area contributed by atoms with Crippen LogP contribution in [0.1, 0.15) is 22.4 Å². The number of carbonyl (C=O) groups is 1. The number of morpholine rings is 1. The molecule has 0 atom stereocenters. The molecule has 2 aliphatic rings. The lowest BCUT2D eigenvalue weighted by molar-refractivity contribution is -0.110. The zero-order chi connectivity index (χ0) is 17.2. The Hall–Kier alpha value is -2.41. The van der Waals surface area contributed by atoms with Gasteiger partial charge in [-0.25, -0.2) is 0 Å². The summed E-state index contributed by atoms with van der Waals surface area (Å²) in [5, 5.41) is 12.2. The SMILES string of the molecule is O=C1Nc2ccc(CO)cc2/C1=C/c1[nH]ccc1CN1CCOCC1. The minimum atomic E-state index is -0.114. The summed E-state index contributed by atoms with van der Waals surface area (Å²) in [6.07, 6.45) is 3.80. The standard InChI is InChI=1S/C19H21N3O3/c23-12-13-1-2-17-15(9-13)16(19(24)21-17)10-18-14(3-4-20-18)11-22-5-7-25-8-6-22/h1-4,9-10,20,23H,5-8,11-12H2,(H,21,24)/b16-10-. The second kappa shape index (κ2) is 6.84. The highest BCUT2D eigenvalue weighted by atomic mass is 16.5. The largest absolute Gasteiger partial charge is 0.392 e. The Balaban J connectivity index is 1.64. The van der Waals surface area contributed by atoms with Crippen molar-refractivity contribution in [1.82, 2.24) is 9.88 Å². The number of aliphatic hydroxyl groups excluding tert-OH is 1. The third-order valence-corrected chi connectivity index (χ3v) is 4.71. The number of amides is 1. The van der Waals surface area contributed by atoms with Crippen molar-refractivity contribution in [2.45, 2.75) is 13.2 Å². The van der Waals surface area contributed by atoms with Gasteiger partial charge in [0.1, 0.15) is 0 Å². The number of aliphatic hydroxyl groups is 1. The van der Waals surface area contributed by atoms with Crippen LogP contribution in [0.5, 0.6) is 0 Å². The summed E-state index contributed by atoms with van der Waals surface area (Å²) in [6, 6.07) is 7.58. The molecule has 1 saturated heterocycles. The lowest BCUT2D eigenvalue weighted by atomic mass is 10.0. The van der Waals surface area contributed by atoms with Crippen molar-refractivity contribution in [3.63, 3.8) is 0 Å². The van der Waals surface area contributed by atoms with E-state index in [2.05, 4.69) is 21.3 Å². The van der Waals surface area contributed by atoms with Crippen molar-refractivity contribution < 1.29 is 14.6 Å². The van der Waals surface area contributed by atoms with Gasteiger partial charge in [-0.2, -0.15) is 0 Å². The number of fused-ring (bicyclic) bond motifs is 1. The summed E-state index contributed by atoms with van der Waals surface area (Å²) in [7, 11) is 0. The molecule has 6 nitrogen and oxygen atoms in total.